The number of fused-ring (bicyclic) bond motifs is 2. The van der Waals surface area contributed by atoms with E-state index in [9.17, 15) is 0 Å². The van der Waals surface area contributed by atoms with Crippen molar-refractivity contribution < 1.29 is 4.74 Å². The van der Waals surface area contributed by atoms with Crippen LogP contribution in [0.25, 0.3) is 0 Å². The molecule has 3 aliphatic rings. The van der Waals surface area contributed by atoms with E-state index >= 15 is 0 Å². The second-order valence-electron chi connectivity index (χ2n) is 5.83. The van der Waals surface area contributed by atoms with Gasteiger partial charge in [0.25, 0.3) is 0 Å². The summed E-state index contributed by atoms with van der Waals surface area (Å²) in [5.41, 5.74) is 5.71. The molecule has 0 amide bonds. The first-order valence-electron chi connectivity index (χ1n) is 6.89. The number of ether oxygens (including phenoxy) is 1. The third-order valence-corrected chi connectivity index (χ3v) is 4.71. The summed E-state index contributed by atoms with van der Waals surface area (Å²) in [6.45, 7) is 0.865. The highest BCUT2D eigenvalue weighted by Gasteiger charge is 2.38. The molecule has 0 aromatic heterocycles. The lowest BCUT2D eigenvalue weighted by Gasteiger charge is -2.31. The van der Waals surface area contributed by atoms with Gasteiger partial charge in [0.2, 0.25) is 0 Å². The maximum Gasteiger partial charge on any atom is 0.0647 e. The zero-order chi connectivity index (χ0) is 11.0. The highest BCUT2D eigenvalue weighted by molar-refractivity contribution is 5.11. The highest BCUT2D eigenvalue weighted by atomic mass is 16.5. The van der Waals surface area contributed by atoms with Crippen molar-refractivity contribution in [2.45, 2.75) is 50.7 Å². The van der Waals surface area contributed by atoms with E-state index in [1.165, 1.54) is 38.5 Å². The SMILES string of the molecule is NCC1CCC(OC2CC3C=CC2C3)CC1. The molecule has 2 N–H and O–H groups in total. The van der Waals surface area contributed by atoms with Gasteiger partial charge in [-0.3, -0.25) is 0 Å². The Bertz CT molecular complexity index is 268. The molecule has 3 rings (SSSR count). The number of hydrogen-bond donors (Lipinski definition) is 1. The minimum Gasteiger partial charge on any atom is -0.374 e. The normalized spacial score (nSPS) is 46.4. The van der Waals surface area contributed by atoms with Gasteiger partial charge in [-0.1, -0.05) is 12.2 Å². The summed E-state index contributed by atoms with van der Waals surface area (Å²) in [4.78, 5) is 0. The van der Waals surface area contributed by atoms with Crippen molar-refractivity contribution in [3.63, 3.8) is 0 Å². The predicted molar refractivity (Wildman–Crippen MR) is 65.0 cm³/mol. The molecule has 0 spiro atoms. The van der Waals surface area contributed by atoms with Crippen LogP contribution in [0.2, 0.25) is 0 Å². The number of hydrogen-bond acceptors (Lipinski definition) is 2. The number of rotatable bonds is 3. The van der Waals surface area contributed by atoms with Gasteiger partial charge in [0.15, 0.2) is 0 Å². The summed E-state index contributed by atoms with van der Waals surface area (Å²) in [7, 11) is 0. The lowest BCUT2D eigenvalue weighted by Crippen LogP contribution is -2.30. The predicted octanol–water partition coefficient (Wildman–Crippen LogP) is 2.49. The lowest BCUT2D eigenvalue weighted by molar-refractivity contribution is -0.0464. The first-order chi connectivity index (χ1) is 7.85. The molecule has 2 saturated carbocycles. The van der Waals surface area contributed by atoms with E-state index in [0.717, 1.165) is 24.3 Å². The fourth-order valence-corrected chi connectivity index (χ4v) is 3.64. The standard InChI is InChI=1S/C14H23NO/c15-9-10-2-5-13(6-3-10)16-14-8-11-1-4-12(14)7-11/h1,4,10-14H,2-3,5-9,15H2. The van der Waals surface area contributed by atoms with Crippen LogP contribution in [0, 0.1) is 17.8 Å². The quantitative estimate of drug-likeness (QED) is 0.743. The van der Waals surface area contributed by atoms with Gasteiger partial charge in [0, 0.05) is 5.92 Å². The molecular weight excluding hydrogens is 198 g/mol. The minimum atomic E-state index is 0.528. The Hall–Kier alpha value is -0.340. The van der Waals surface area contributed by atoms with Crippen LogP contribution in [0.15, 0.2) is 12.2 Å². The largest absolute Gasteiger partial charge is 0.374 e. The van der Waals surface area contributed by atoms with E-state index in [1.807, 2.05) is 0 Å². The Morgan fingerprint density at radius 3 is 2.44 bits per heavy atom. The summed E-state index contributed by atoms with van der Waals surface area (Å²) < 4.78 is 6.29. The van der Waals surface area contributed by atoms with Crippen molar-refractivity contribution in [3.05, 3.63) is 12.2 Å². The van der Waals surface area contributed by atoms with Crippen LogP contribution in [0.1, 0.15) is 38.5 Å². The van der Waals surface area contributed by atoms with Crippen LogP contribution in [-0.2, 0) is 4.74 Å². The van der Waals surface area contributed by atoms with Crippen molar-refractivity contribution in [1.82, 2.24) is 0 Å². The maximum absolute atomic E-state index is 6.29. The molecule has 0 aliphatic heterocycles. The average Bonchev–Trinajstić information content (AvgIpc) is 2.92. The van der Waals surface area contributed by atoms with Gasteiger partial charge in [0.05, 0.1) is 12.2 Å². The Kier molecular flexibility index (Phi) is 3.03. The Balaban J connectivity index is 1.48. The Labute approximate surface area is 98.2 Å². The van der Waals surface area contributed by atoms with Crippen LogP contribution in [0.5, 0.6) is 0 Å². The average molecular weight is 221 g/mol. The molecule has 3 atom stereocenters. The molecule has 3 aliphatic carbocycles. The summed E-state index contributed by atoms with van der Waals surface area (Å²) >= 11 is 0. The molecular formula is C14H23NO. The van der Waals surface area contributed by atoms with Crippen LogP contribution in [-0.4, -0.2) is 18.8 Å². The van der Waals surface area contributed by atoms with Crippen molar-refractivity contribution in [2.24, 2.45) is 23.5 Å². The fraction of sp³-hybridized carbons (Fsp3) is 0.857. The molecule has 0 radical (unpaired) electrons. The van der Waals surface area contributed by atoms with Gasteiger partial charge in [-0.05, 0) is 56.9 Å². The van der Waals surface area contributed by atoms with Crippen molar-refractivity contribution >= 4 is 0 Å². The maximum atomic E-state index is 6.29. The summed E-state index contributed by atoms with van der Waals surface area (Å²) in [5.74, 6) is 2.33. The van der Waals surface area contributed by atoms with E-state index < -0.39 is 0 Å². The van der Waals surface area contributed by atoms with Gasteiger partial charge in [-0.2, -0.15) is 0 Å². The van der Waals surface area contributed by atoms with Crippen LogP contribution < -0.4 is 5.73 Å². The van der Waals surface area contributed by atoms with Gasteiger partial charge >= 0.3 is 0 Å². The second kappa shape index (κ2) is 4.50. The van der Waals surface area contributed by atoms with Crippen LogP contribution in [0.4, 0.5) is 0 Å². The third kappa shape index (κ3) is 2.05. The highest BCUT2D eigenvalue weighted by Crippen LogP contribution is 2.42. The fourth-order valence-electron chi connectivity index (χ4n) is 3.64. The molecule has 2 nitrogen and oxygen atoms in total. The molecule has 16 heavy (non-hydrogen) atoms. The van der Waals surface area contributed by atoms with E-state index in [1.54, 1.807) is 0 Å². The van der Waals surface area contributed by atoms with Gasteiger partial charge in [-0.15, -0.1) is 0 Å². The summed E-state index contributed by atoms with van der Waals surface area (Å²) in [5, 5.41) is 0. The van der Waals surface area contributed by atoms with Gasteiger partial charge < -0.3 is 10.5 Å². The second-order valence-corrected chi connectivity index (χ2v) is 5.83. The number of allylic oxidation sites excluding steroid dienone is 1. The molecule has 2 fully saturated rings. The van der Waals surface area contributed by atoms with Crippen molar-refractivity contribution in [2.75, 3.05) is 6.54 Å². The number of nitrogens with two attached hydrogens (primary N) is 1. The van der Waals surface area contributed by atoms with E-state index in [4.69, 9.17) is 10.5 Å². The van der Waals surface area contributed by atoms with Crippen LogP contribution in [0.3, 0.4) is 0 Å². The molecule has 3 unspecified atom stereocenters. The Morgan fingerprint density at radius 2 is 1.88 bits per heavy atom. The molecule has 0 aromatic rings. The minimum absolute atomic E-state index is 0.528. The first kappa shape index (κ1) is 10.8. The third-order valence-electron chi connectivity index (χ3n) is 4.71. The monoisotopic (exact) mass is 221 g/mol. The molecule has 0 saturated heterocycles. The molecule has 2 heteroatoms. The van der Waals surface area contributed by atoms with Gasteiger partial charge in [0.1, 0.15) is 0 Å². The van der Waals surface area contributed by atoms with E-state index in [2.05, 4.69) is 12.2 Å². The zero-order valence-electron chi connectivity index (χ0n) is 9.98. The van der Waals surface area contributed by atoms with E-state index in [0.29, 0.717) is 12.2 Å². The molecule has 90 valence electrons. The smallest absolute Gasteiger partial charge is 0.0647 e. The van der Waals surface area contributed by atoms with E-state index in [-0.39, 0.29) is 0 Å². The molecule has 0 aromatic carbocycles. The molecule has 2 bridgehead atoms. The first-order valence-corrected chi connectivity index (χ1v) is 6.89. The lowest BCUT2D eigenvalue weighted by atomic mass is 9.87. The van der Waals surface area contributed by atoms with Crippen molar-refractivity contribution in [3.8, 4) is 0 Å². The summed E-state index contributed by atoms with van der Waals surface area (Å²) in [6.07, 6.45) is 13.5. The summed E-state index contributed by atoms with van der Waals surface area (Å²) in [6, 6.07) is 0. The van der Waals surface area contributed by atoms with Gasteiger partial charge in [-0.25, -0.2) is 0 Å². The molecule has 0 heterocycles. The van der Waals surface area contributed by atoms with Crippen LogP contribution >= 0.6 is 0 Å². The topological polar surface area (TPSA) is 35.2 Å². The zero-order valence-corrected chi connectivity index (χ0v) is 9.98. The Morgan fingerprint density at radius 1 is 1.06 bits per heavy atom. The van der Waals surface area contributed by atoms with Crippen molar-refractivity contribution in [1.29, 1.82) is 0 Å².